The number of nitrogens with one attached hydrogen (secondary N) is 1. The van der Waals surface area contributed by atoms with Crippen LogP contribution in [0, 0.1) is 0 Å². The first-order chi connectivity index (χ1) is 6.95. The van der Waals surface area contributed by atoms with Gasteiger partial charge in [0.15, 0.2) is 5.65 Å². The Morgan fingerprint density at radius 1 is 1.14 bits per heavy atom. The molecule has 0 spiro atoms. The number of aromatic amines is 1. The molecule has 0 aliphatic carbocycles. The third kappa shape index (κ3) is 0.939. The highest BCUT2D eigenvalue weighted by molar-refractivity contribution is 5.74. The third-order valence-electron chi connectivity index (χ3n) is 2.17. The van der Waals surface area contributed by atoms with E-state index in [1.807, 2.05) is 35.1 Å². The van der Waals surface area contributed by atoms with Crippen molar-refractivity contribution >= 4 is 5.65 Å². The van der Waals surface area contributed by atoms with Gasteiger partial charge in [0.25, 0.3) is 0 Å². The van der Waals surface area contributed by atoms with Crippen molar-refractivity contribution in [2.45, 2.75) is 0 Å². The average Bonchev–Trinajstić information content (AvgIpc) is 2.79. The summed E-state index contributed by atoms with van der Waals surface area (Å²) in [6.45, 7) is 0. The Morgan fingerprint density at radius 3 is 3.00 bits per heavy atom. The number of nitrogens with zero attached hydrogens (tertiary/aromatic N) is 3. The lowest BCUT2D eigenvalue weighted by Gasteiger charge is -1.93. The zero-order valence-corrected chi connectivity index (χ0v) is 7.38. The Balaban J connectivity index is 2.28. The van der Waals surface area contributed by atoms with Gasteiger partial charge in [0.1, 0.15) is 0 Å². The van der Waals surface area contributed by atoms with Crippen LogP contribution in [0.1, 0.15) is 0 Å². The van der Waals surface area contributed by atoms with Gasteiger partial charge in [0.05, 0.1) is 11.3 Å². The molecule has 0 aromatic carbocycles. The lowest BCUT2D eigenvalue weighted by molar-refractivity contribution is 0.973. The van der Waals surface area contributed by atoms with Crippen molar-refractivity contribution in [1.82, 2.24) is 19.6 Å². The number of fused-ring (bicyclic) bond motifs is 1. The molecule has 0 saturated heterocycles. The fourth-order valence-electron chi connectivity index (χ4n) is 1.52. The Labute approximate surface area is 80.2 Å². The quantitative estimate of drug-likeness (QED) is 0.626. The molecular weight excluding hydrogens is 176 g/mol. The lowest BCUT2D eigenvalue weighted by atomic mass is 10.2. The zero-order chi connectivity index (χ0) is 9.38. The highest BCUT2D eigenvalue weighted by Gasteiger charge is 2.06. The fourth-order valence-corrected chi connectivity index (χ4v) is 1.52. The van der Waals surface area contributed by atoms with Crippen LogP contribution >= 0.6 is 0 Å². The topological polar surface area (TPSA) is 46.0 Å². The summed E-state index contributed by atoms with van der Waals surface area (Å²) in [7, 11) is 0. The predicted octanol–water partition coefficient (Wildman–Crippen LogP) is 1.72. The van der Waals surface area contributed by atoms with E-state index in [0.29, 0.717) is 0 Å². The zero-order valence-electron chi connectivity index (χ0n) is 7.38. The van der Waals surface area contributed by atoms with Gasteiger partial charge in [-0.25, -0.2) is 9.50 Å². The fraction of sp³-hybridized carbons (Fsp3) is 0. The SMILES string of the molecule is c1ccc(-c2c[nH]n3ccnc23)nc1. The molecule has 3 rings (SSSR count). The molecule has 68 valence electrons. The minimum atomic E-state index is 0.906. The van der Waals surface area contributed by atoms with Crippen LogP contribution < -0.4 is 0 Å². The maximum Gasteiger partial charge on any atom is 0.162 e. The van der Waals surface area contributed by atoms with Gasteiger partial charge >= 0.3 is 0 Å². The van der Waals surface area contributed by atoms with Crippen molar-refractivity contribution in [3.63, 3.8) is 0 Å². The minimum Gasteiger partial charge on any atom is -0.299 e. The van der Waals surface area contributed by atoms with Crippen molar-refractivity contribution < 1.29 is 0 Å². The molecule has 14 heavy (non-hydrogen) atoms. The number of rotatable bonds is 1. The van der Waals surface area contributed by atoms with Crippen LogP contribution in [-0.2, 0) is 0 Å². The van der Waals surface area contributed by atoms with E-state index in [-0.39, 0.29) is 0 Å². The van der Waals surface area contributed by atoms with Crippen LogP contribution in [0.3, 0.4) is 0 Å². The molecule has 3 heterocycles. The molecule has 3 aromatic rings. The summed E-state index contributed by atoms with van der Waals surface area (Å²) in [5.41, 5.74) is 2.87. The molecule has 1 N–H and O–H groups in total. The number of imidazole rings is 1. The molecule has 3 aromatic heterocycles. The molecular formula is C10H8N4. The first-order valence-electron chi connectivity index (χ1n) is 4.37. The Kier molecular flexibility index (Phi) is 1.41. The molecule has 0 bridgehead atoms. The second-order valence-corrected chi connectivity index (χ2v) is 3.02. The van der Waals surface area contributed by atoms with Crippen LogP contribution in [0.25, 0.3) is 16.9 Å². The van der Waals surface area contributed by atoms with Crippen LogP contribution in [0.5, 0.6) is 0 Å². The van der Waals surface area contributed by atoms with Gasteiger partial charge in [-0.2, -0.15) is 0 Å². The Morgan fingerprint density at radius 2 is 2.14 bits per heavy atom. The summed E-state index contributed by atoms with van der Waals surface area (Å²) < 4.78 is 1.87. The predicted molar refractivity (Wildman–Crippen MR) is 52.8 cm³/mol. The highest BCUT2D eigenvalue weighted by atomic mass is 15.2. The van der Waals surface area contributed by atoms with Gasteiger partial charge in [0, 0.05) is 24.8 Å². The van der Waals surface area contributed by atoms with Gasteiger partial charge in [-0.05, 0) is 12.1 Å². The lowest BCUT2D eigenvalue weighted by Crippen LogP contribution is -1.81. The summed E-state index contributed by atoms with van der Waals surface area (Å²) in [4.78, 5) is 8.52. The second kappa shape index (κ2) is 2.70. The van der Waals surface area contributed by atoms with E-state index in [2.05, 4.69) is 15.1 Å². The molecule has 0 aliphatic rings. The Hall–Kier alpha value is -2.10. The number of pyridine rings is 1. The first kappa shape index (κ1) is 7.32. The number of hydrogen-bond donors (Lipinski definition) is 1. The second-order valence-electron chi connectivity index (χ2n) is 3.02. The van der Waals surface area contributed by atoms with Crippen molar-refractivity contribution in [2.75, 3.05) is 0 Å². The van der Waals surface area contributed by atoms with Crippen LogP contribution in [-0.4, -0.2) is 19.6 Å². The molecule has 0 fully saturated rings. The Bertz CT molecular complexity index is 550. The van der Waals surface area contributed by atoms with E-state index in [9.17, 15) is 0 Å². The summed E-state index contributed by atoms with van der Waals surface area (Å²) >= 11 is 0. The average molecular weight is 184 g/mol. The molecule has 0 saturated carbocycles. The first-order valence-corrected chi connectivity index (χ1v) is 4.37. The summed E-state index contributed by atoms with van der Waals surface area (Å²) in [6, 6.07) is 5.84. The van der Waals surface area contributed by atoms with Gasteiger partial charge in [-0.3, -0.25) is 10.1 Å². The van der Waals surface area contributed by atoms with Crippen LogP contribution in [0.4, 0.5) is 0 Å². The van der Waals surface area contributed by atoms with Gasteiger partial charge in [0.2, 0.25) is 0 Å². The number of aromatic nitrogens is 4. The van der Waals surface area contributed by atoms with Gasteiger partial charge in [-0.1, -0.05) is 6.07 Å². The summed E-state index contributed by atoms with van der Waals surface area (Å²) in [5, 5.41) is 3.08. The van der Waals surface area contributed by atoms with Crippen molar-refractivity contribution in [2.24, 2.45) is 0 Å². The molecule has 0 amide bonds. The van der Waals surface area contributed by atoms with E-state index >= 15 is 0 Å². The van der Waals surface area contributed by atoms with E-state index in [1.54, 1.807) is 12.4 Å². The van der Waals surface area contributed by atoms with Gasteiger partial charge in [-0.15, -0.1) is 0 Å². The normalized spacial score (nSPS) is 10.9. The smallest absolute Gasteiger partial charge is 0.162 e. The van der Waals surface area contributed by atoms with Crippen LogP contribution in [0.15, 0.2) is 43.0 Å². The highest BCUT2D eigenvalue weighted by Crippen LogP contribution is 2.20. The summed E-state index contributed by atoms with van der Waals surface area (Å²) in [6.07, 6.45) is 7.33. The molecule has 0 atom stereocenters. The number of H-pyrrole nitrogens is 1. The number of hydrogen-bond acceptors (Lipinski definition) is 2. The molecule has 0 unspecified atom stereocenters. The van der Waals surface area contributed by atoms with E-state index in [0.717, 1.165) is 16.9 Å². The minimum absolute atomic E-state index is 0.906. The standard InChI is InChI=1S/C10H8N4/c1-2-4-11-9(3-1)8-7-13-14-6-5-12-10(8)14/h1-7,13H. The maximum absolute atomic E-state index is 4.28. The monoisotopic (exact) mass is 184 g/mol. The van der Waals surface area contributed by atoms with Crippen LogP contribution in [0.2, 0.25) is 0 Å². The van der Waals surface area contributed by atoms with E-state index in [1.165, 1.54) is 0 Å². The molecule has 4 nitrogen and oxygen atoms in total. The maximum atomic E-state index is 4.28. The van der Waals surface area contributed by atoms with Crippen molar-refractivity contribution in [3.05, 3.63) is 43.0 Å². The third-order valence-corrected chi connectivity index (χ3v) is 2.17. The largest absolute Gasteiger partial charge is 0.299 e. The van der Waals surface area contributed by atoms with Crippen molar-refractivity contribution in [3.8, 4) is 11.3 Å². The molecule has 4 heteroatoms. The summed E-state index contributed by atoms with van der Waals surface area (Å²) in [5.74, 6) is 0. The van der Waals surface area contributed by atoms with E-state index in [4.69, 9.17) is 0 Å². The molecule has 0 aliphatic heterocycles. The van der Waals surface area contributed by atoms with E-state index < -0.39 is 0 Å². The van der Waals surface area contributed by atoms with Crippen molar-refractivity contribution in [1.29, 1.82) is 0 Å². The van der Waals surface area contributed by atoms with Gasteiger partial charge < -0.3 is 0 Å². The molecule has 0 radical (unpaired) electrons.